The van der Waals surface area contributed by atoms with Crippen LogP contribution in [0.15, 0.2) is 0 Å². The van der Waals surface area contributed by atoms with Crippen molar-refractivity contribution in [3.63, 3.8) is 0 Å². The van der Waals surface area contributed by atoms with Crippen LogP contribution in [0.1, 0.15) is 55.5 Å². The average molecular weight is 371 g/mol. The molecule has 2 N–H and O–H groups in total. The Kier molecular flexibility index (Phi) is 5.09. The summed E-state index contributed by atoms with van der Waals surface area (Å²) in [5.74, 6) is -0.718. The van der Waals surface area contributed by atoms with Crippen LogP contribution in [0, 0.1) is 19.3 Å². The van der Waals surface area contributed by atoms with E-state index in [-0.39, 0.29) is 17.7 Å². The van der Waals surface area contributed by atoms with E-state index in [0.717, 1.165) is 35.8 Å². The highest BCUT2D eigenvalue weighted by Gasteiger charge is 2.38. The van der Waals surface area contributed by atoms with Crippen molar-refractivity contribution >= 4 is 11.5 Å². The third-order valence-electron chi connectivity index (χ3n) is 5.53. The molecule has 0 aromatic carbocycles. The molecule has 0 spiro atoms. The van der Waals surface area contributed by atoms with Crippen LogP contribution < -0.4 is 5.32 Å². The molecule has 2 heterocycles. The number of rotatable bonds is 5. The number of aliphatic hydroxyl groups is 1. The van der Waals surface area contributed by atoms with Crippen molar-refractivity contribution in [1.82, 2.24) is 19.8 Å². The number of nitrogens with zero attached hydrogens (tertiary/aromatic N) is 4. The van der Waals surface area contributed by atoms with Crippen LogP contribution in [-0.4, -0.2) is 38.1 Å². The van der Waals surface area contributed by atoms with Crippen LogP contribution in [0.5, 0.6) is 0 Å². The van der Waals surface area contributed by atoms with Crippen LogP contribution in [0.4, 0.5) is 19.0 Å². The number of anilines is 1. The number of halogens is 3. The van der Waals surface area contributed by atoms with E-state index in [2.05, 4.69) is 20.6 Å². The molecule has 6 nitrogen and oxygen atoms in total. The summed E-state index contributed by atoms with van der Waals surface area (Å²) in [7, 11) is 0. The van der Waals surface area contributed by atoms with Gasteiger partial charge in [0, 0.05) is 18.7 Å². The summed E-state index contributed by atoms with van der Waals surface area (Å²) in [6.07, 6.45) is 1.47. The SMILES string of the molecule is Cc1c(NCC2(CCO)CCCCC2)nn2c(C(F)(F)F)nnc2c1C. The Morgan fingerprint density at radius 1 is 1.12 bits per heavy atom. The van der Waals surface area contributed by atoms with E-state index in [4.69, 9.17) is 0 Å². The molecule has 2 aromatic heterocycles. The van der Waals surface area contributed by atoms with E-state index >= 15 is 0 Å². The smallest absolute Gasteiger partial charge is 0.396 e. The van der Waals surface area contributed by atoms with Gasteiger partial charge >= 0.3 is 6.18 Å². The van der Waals surface area contributed by atoms with E-state index in [1.165, 1.54) is 6.42 Å². The monoisotopic (exact) mass is 371 g/mol. The first-order chi connectivity index (χ1) is 12.3. The van der Waals surface area contributed by atoms with Crippen molar-refractivity contribution in [2.24, 2.45) is 5.41 Å². The molecule has 26 heavy (non-hydrogen) atoms. The second-order valence-corrected chi connectivity index (χ2v) is 7.24. The number of fused-ring (bicyclic) bond motifs is 1. The van der Waals surface area contributed by atoms with Gasteiger partial charge in [0.2, 0.25) is 0 Å². The van der Waals surface area contributed by atoms with Crippen LogP contribution in [0.25, 0.3) is 5.65 Å². The minimum Gasteiger partial charge on any atom is -0.396 e. The highest BCUT2D eigenvalue weighted by Crippen LogP contribution is 2.39. The maximum atomic E-state index is 13.1. The van der Waals surface area contributed by atoms with Gasteiger partial charge in [0.05, 0.1) is 0 Å². The Hall–Kier alpha value is -1.90. The summed E-state index contributed by atoms with van der Waals surface area (Å²) in [5.41, 5.74) is 1.45. The van der Waals surface area contributed by atoms with Gasteiger partial charge in [0.25, 0.3) is 5.82 Å². The lowest BCUT2D eigenvalue weighted by Gasteiger charge is -2.37. The first-order valence-corrected chi connectivity index (χ1v) is 8.92. The summed E-state index contributed by atoms with van der Waals surface area (Å²) in [6.45, 7) is 4.22. The molecule has 0 amide bonds. The zero-order valence-corrected chi connectivity index (χ0v) is 15.0. The topological polar surface area (TPSA) is 75.3 Å². The second-order valence-electron chi connectivity index (χ2n) is 7.24. The largest absolute Gasteiger partial charge is 0.453 e. The molecule has 0 atom stereocenters. The predicted octanol–water partition coefficient (Wildman–Crippen LogP) is 3.50. The lowest BCUT2D eigenvalue weighted by molar-refractivity contribution is -0.146. The molecule has 0 radical (unpaired) electrons. The maximum absolute atomic E-state index is 13.1. The molecular weight excluding hydrogens is 347 g/mol. The summed E-state index contributed by atoms with van der Waals surface area (Å²) >= 11 is 0. The lowest BCUT2D eigenvalue weighted by Crippen LogP contribution is -2.33. The van der Waals surface area contributed by atoms with E-state index in [0.29, 0.717) is 24.3 Å². The molecule has 1 fully saturated rings. The number of aromatic nitrogens is 4. The average Bonchev–Trinajstić information content (AvgIpc) is 3.02. The third-order valence-corrected chi connectivity index (χ3v) is 5.53. The minimum atomic E-state index is -4.62. The van der Waals surface area contributed by atoms with Gasteiger partial charge in [-0.1, -0.05) is 19.3 Å². The molecule has 1 aliphatic rings. The van der Waals surface area contributed by atoms with Gasteiger partial charge in [-0.2, -0.15) is 17.7 Å². The number of alkyl halides is 3. The highest BCUT2D eigenvalue weighted by atomic mass is 19.4. The van der Waals surface area contributed by atoms with Gasteiger partial charge in [-0.05, 0) is 44.1 Å². The second kappa shape index (κ2) is 7.02. The summed E-state index contributed by atoms with van der Waals surface area (Å²) in [5, 5.41) is 23.7. The Morgan fingerprint density at radius 2 is 1.81 bits per heavy atom. The van der Waals surface area contributed by atoms with Crippen LogP contribution >= 0.6 is 0 Å². The minimum absolute atomic E-state index is 0.0377. The van der Waals surface area contributed by atoms with E-state index in [9.17, 15) is 18.3 Å². The number of nitrogens with one attached hydrogen (secondary N) is 1. The quantitative estimate of drug-likeness (QED) is 0.841. The molecule has 1 aliphatic carbocycles. The molecule has 2 aromatic rings. The summed E-state index contributed by atoms with van der Waals surface area (Å²) in [6, 6.07) is 0. The molecule has 0 bridgehead atoms. The van der Waals surface area contributed by atoms with Gasteiger partial charge in [-0.3, -0.25) is 0 Å². The van der Waals surface area contributed by atoms with Gasteiger partial charge < -0.3 is 10.4 Å². The zero-order valence-electron chi connectivity index (χ0n) is 15.0. The lowest BCUT2D eigenvalue weighted by atomic mass is 9.72. The van der Waals surface area contributed by atoms with Crippen LogP contribution in [0.3, 0.4) is 0 Å². The van der Waals surface area contributed by atoms with Gasteiger partial charge in [-0.25, -0.2) is 0 Å². The molecule has 9 heteroatoms. The van der Waals surface area contributed by atoms with Crippen LogP contribution in [0.2, 0.25) is 0 Å². The number of hydrogen-bond acceptors (Lipinski definition) is 5. The zero-order chi connectivity index (χ0) is 18.9. The molecule has 3 rings (SSSR count). The molecule has 144 valence electrons. The predicted molar refractivity (Wildman–Crippen MR) is 91.0 cm³/mol. The Balaban J connectivity index is 1.93. The fourth-order valence-corrected chi connectivity index (χ4v) is 3.80. The Labute approximate surface area is 149 Å². The number of aryl methyl sites for hydroxylation is 1. The fraction of sp³-hybridized carbons (Fsp3) is 0.706. The van der Waals surface area contributed by atoms with Gasteiger partial charge in [0.1, 0.15) is 5.82 Å². The molecular formula is C17H24F3N5O. The van der Waals surface area contributed by atoms with Crippen molar-refractivity contribution in [3.05, 3.63) is 17.0 Å². The van der Waals surface area contributed by atoms with Crippen molar-refractivity contribution in [2.75, 3.05) is 18.5 Å². The van der Waals surface area contributed by atoms with E-state index in [1.54, 1.807) is 6.92 Å². The van der Waals surface area contributed by atoms with Gasteiger partial charge in [0.15, 0.2) is 5.65 Å². The number of hydrogen-bond donors (Lipinski definition) is 2. The van der Waals surface area contributed by atoms with Crippen molar-refractivity contribution in [3.8, 4) is 0 Å². The fourth-order valence-electron chi connectivity index (χ4n) is 3.80. The van der Waals surface area contributed by atoms with Crippen LogP contribution in [-0.2, 0) is 6.18 Å². The first-order valence-electron chi connectivity index (χ1n) is 8.92. The maximum Gasteiger partial charge on any atom is 0.453 e. The highest BCUT2D eigenvalue weighted by molar-refractivity contribution is 5.58. The summed E-state index contributed by atoms with van der Waals surface area (Å²) < 4.78 is 40.2. The molecule has 0 aliphatic heterocycles. The summed E-state index contributed by atoms with van der Waals surface area (Å²) in [4.78, 5) is 0. The van der Waals surface area contributed by atoms with E-state index < -0.39 is 12.0 Å². The van der Waals surface area contributed by atoms with Gasteiger partial charge in [-0.15, -0.1) is 15.3 Å². The van der Waals surface area contributed by atoms with Crippen molar-refractivity contribution < 1.29 is 18.3 Å². The third kappa shape index (κ3) is 3.49. The van der Waals surface area contributed by atoms with E-state index in [1.807, 2.05) is 6.92 Å². The molecule has 1 saturated carbocycles. The Morgan fingerprint density at radius 3 is 2.42 bits per heavy atom. The molecule has 0 unspecified atom stereocenters. The first kappa shape index (κ1) is 18.9. The molecule has 0 saturated heterocycles. The van der Waals surface area contributed by atoms with Crippen molar-refractivity contribution in [1.29, 1.82) is 0 Å². The standard InChI is InChI=1S/C17H24F3N5O/c1-11-12(2)14-22-23-15(17(18,19)20)25(14)24-13(11)21-10-16(8-9-26)6-4-3-5-7-16/h26H,3-10H2,1-2H3,(H,21,24). The Bertz CT molecular complexity index is 775. The van der Waals surface area contributed by atoms with Crippen molar-refractivity contribution in [2.45, 2.75) is 58.5 Å². The normalized spacial score (nSPS) is 17.6. The number of aliphatic hydroxyl groups excluding tert-OH is 1.